The van der Waals surface area contributed by atoms with E-state index in [1.807, 2.05) is 0 Å². The van der Waals surface area contributed by atoms with Crippen molar-refractivity contribution in [3.05, 3.63) is 0 Å². The van der Waals surface area contributed by atoms with Crippen LogP contribution in [-0.2, 0) is 4.79 Å². The summed E-state index contributed by atoms with van der Waals surface area (Å²) in [6.07, 6.45) is 7.14. The lowest BCUT2D eigenvalue weighted by Crippen LogP contribution is -2.59. The van der Waals surface area contributed by atoms with Crippen molar-refractivity contribution >= 4 is 17.5 Å². The van der Waals surface area contributed by atoms with Crippen molar-refractivity contribution in [1.82, 2.24) is 5.32 Å². The molecule has 0 saturated carbocycles. The summed E-state index contributed by atoms with van der Waals surface area (Å²) in [6, 6.07) is 0. The Morgan fingerprint density at radius 3 is 1.74 bits per heavy atom. The fourth-order valence-electron chi connectivity index (χ4n) is 1.89. The minimum absolute atomic E-state index is 0.284. The highest BCUT2D eigenvalue weighted by molar-refractivity contribution is 6.22. The maximum atomic E-state index is 13.1. The zero-order valence-corrected chi connectivity index (χ0v) is 13.7. The number of carbonyl (C=O) groups is 1. The third-order valence-corrected chi connectivity index (χ3v) is 3.59. The van der Waals surface area contributed by atoms with Gasteiger partial charge in [-0.2, -0.15) is 26.3 Å². The fourth-order valence-corrected chi connectivity index (χ4v) is 2.01. The molecule has 0 aliphatic carbocycles. The van der Waals surface area contributed by atoms with Crippen molar-refractivity contribution in [1.29, 1.82) is 0 Å². The number of halogens is 7. The monoisotopic (exact) mass is 369 g/mol. The average Bonchev–Trinajstić information content (AvgIpc) is 2.43. The van der Waals surface area contributed by atoms with Crippen LogP contribution in [0.2, 0.25) is 0 Å². The summed E-state index contributed by atoms with van der Waals surface area (Å²) in [6.45, 7) is 1.80. The molecular formula is C14H22ClF6NO. The number of amides is 1. The van der Waals surface area contributed by atoms with Gasteiger partial charge in [0, 0.05) is 6.54 Å². The van der Waals surface area contributed by atoms with Gasteiger partial charge in [0.15, 0.2) is 0 Å². The number of alkyl halides is 7. The molecule has 1 N–H and O–H groups in total. The van der Waals surface area contributed by atoms with Gasteiger partial charge in [-0.3, -0.25) is 4.79 Å². The van der Waals surface area contributed by atoms with Crippen molar-refractivity contribution in [2.24, 2.45) is 0 Å². The predicted molar refractivity (Wildman–Crippen MR) is 76.3 cm³/mol. The quantitative estimate of drug-likeness (QED) is 0.280. The molecule has 138 valence electrons. The van der Waals surface area contributed by atoms with Crippen LogP contribution in [0.3, 0.4) is 0 Å². The molecule has 0 unspecified atom stereocenters. The van der Waals surface area contributed by atoms with Gasteiger partial charge in [-0.25, -0.2) is 0 Å². The van der Waals surface area contributed by atoms with E-state index in [1.54, 1.807) is 5.32 Å². The summed E-state index contributed by atoms with van der Waals surface area (Å²) < 4.78 is 76.6. The van der Waals surface area contributed by atoms with Gasteiger partial charge in [-0.05, 0) is 18.0 Å². The molecular weight excluding hydrogens is 348 g/mol. The van der Waals surface area contributed by atoms with Gasteiger partial charge in [0.1, 0.15) is 0 Å². The van der Waals surface area contributed by atoms with E-state index in [0.29, 0.717) is 12.8 Å². The van der Waals surface area contributed by atoms with E-state index in [-0.39, 0.29) is 6.54 Å². The lowest BCUT2D eigenvalue weighted by Gasteiger charge is -2.28. The maximum Gasteiger partial charge on any atom is 0.395 e. The zero-order chi connectivity index (χ0) is 18.1. The summed E-state index contributed by atoms with van der Waals surface area (Å²) in [5.41, 5.74) is 0. The Balaban J connectivity index is 4.06. The van der Waals surface area contributed by atoms with Crippen LogP contribution in [0.15, 0.2) is 0 Å². The Kier molecular flexibility index (Phi) is 9.32. The summed E-state index contributed by atoms with van der Waals surface area (Å²) in [7, 11) is 0. The van der Waals surface area contributed by atoms with Crippen molar-refractivity contribution in [2.45, 2.75) is 75.5 Å². The first-order valence-corrected chi connectivity index (χ1v) is 7.97. The van der Waals surface area contributed by atoms with Crippen LogP contribution in [0.4, 0.5) is 26.3 Å². The first-order valence-electron chi connectivity index (χ1n) is 7.59. The molecule has 0 aromatic rings. The topological polar surface area (TPSA) is 29.1 Å². The molecule has 2 nitrogen and oxygen atoms in total. The van der Waals surface area contributed by atoms with Crippen LogP contribution in [0.25, 0.3) is 0 Å². The molecule has 0 spiro atoms. The van der Waals surface area contributed by atoms with Crippen LogP contribution >= 0.6 is 11.6 Å². The smallest absolute Gasteiger partial charge is 0.351 e. The van der Waals surface area contributed by atoms with E-state index in [4.69, 9.17) is 0 Å². The molecule has 0 aromatic heterocycles. The van der Waals surface area contributed by atoms with Crippen LogP contribution in [0.5, 0.6) is 0 Å². The lowest BCUT2D eigenvalue weighted by atomic mass is 10.1. The number of hydrogen-bond donors (Lipinski definition) is 1. The first kappa shape index (κ1) is 22.3. The van der Waals surface area contributed by atoms with Crippen LogP contribution in [0.1, 0.15) is 58.3 Å². The maximum absolute atomic E-state index is 13.1. The molecule has 0 aromatic carbocycles. The third kappa shape index (κ3) is 6.77. The number of hydrogen-bond acceptors (Lipinski definition) is 1. The van der Waals surface area contributed by atoms with E-state index < -0.39 is 23.1 Å². The zero-order valence-electron chi connectivity index (χ0n) is 12.9. The Labute approximate surface area is 136 Å². The van der Waals surface area contributed by atoms with Gasteiger partial charge in [0.2, 0.25) is 0 Å². The molecule has 0 saturated heterocycles. The third-order valence-electron chi connectivity index (χ3n) is 3.35. The molecule has 1 amide bonds. The van der Waals surface area contributed by atoms with Crippen LogP contribution in [0, 0.1) is 0 Å². The second-order valence-corrected chi connectivity index (χ2v) is 5.85. The summed E-state index contributed by atoms with van der Waals surface area (Å²) in [5.74, 6) is -14.0. The normalized spacial score (nSPS) is 13.2. The molecule has 9 heteroatoms. The standard InChI is InChI=1S/C14H22ClF6NO/c1-2-3-4-5-6-7-8-9-10-22-11(23)12(16,17)13(18,19)14(15,20)21/h2-10H2,1H3,(H,22,23). The number of carbonyl (C=O) groups excluding carboxylic acids is 1. The van der Waals surface area contributed by atoms with Gasteiger partial charge < -0.3 is 5.32 Å². The molecule has 0 atom stereocenters. The first-order chi connectivity index (χ1) is 10.5. The van der Waals surface area contributed by atoms with Gasteiger partial charge in [0.25, 0.3) is 5.91 Å². The highest BCUT2D eigenvalue weighted by Crippen LogP contribution is 2.47. The van der Waals surface area contributed by atoms with Crippen molar-refractivity contribution in [3.8, 4) is 0 Å². The Morgan fingerprint density at radius 2 is 1.30 bits per heavy atom. The van der Waals surface area contributed by atoms with E-state index in [2.05, 4.69) is 18.5 Å². The van der Waals surface area contributed by atoms with Gasteiger partial charge in [0.05, 0.1) is 0 Å². The number of unbranched alkanes of at least 4 members (excludes halogenated alkanes) is 7. The Morgan fingerprint density at radius 1 is 0.870 bits per heavy atom. The number of rotatable bonds is 12. The van der Waals surface area contributed by atoms with Crippen molar-refractivity contribution in [2.75, 3.05) is 6.54 Å². The molecule has 0 fully saturated rings. The fraction of sp³-hybridized carbons (Fsp3) is 0.929. The Hall–Kier alpha value is -0.660. The van der Waals surface area contributed by atoms with E-state index in [0.717, 1.165) is 38.5 Å². The van der Waals surface area contributed by atoms with E-state index >= 15 is 0 Å². The SMILES string of the molecule is CCCCCCCCCCNC(=O)C(F)(F)C(F)(F)C(F)(F)Cl. The van der Waals surface area contributed by atoms with Gasteiger partial charge >= 0.3 is 17.2 Å². The summed E-state index contributed by atoms with van der Waals surface area (Å²) in [4.78, 5) is 11.0. The second-order valence-electron chi connectivity index (χ2n) is 5.38. The largest absolute Gasteiger partial charge is 0.395 e. The molecule has 0 rings (SSSR count). The minimum atomic E-state index is -5.97. The second kappa shape index (κ2) is 9.59. The minimum Gasteiger partial charge on any atom is -0.351 e. The average molecular weight is 370 g/mol. The van der Waals surface area contributed by atoms with E-state index in [1.165, 1.54) is 0 Å². The summed E-state index contributed by atoms with van der Waals surface area (Å²) in [5, 5.41) is -3.97. The van der Waals surface area contributed by atoms with Gasteiger partial charge in [-0.1, -0.05) is 51.9 Å². The molecule has 0 aliphatic heterocycles. The molecule has 0 aliphatic rings. The summed E-state index contributed by atoms with van der Waals surface area (Å²) >= 11 is 3.96. The predicted octanol–water partition coefficient (Wildman–Crippen LogP) is 5.35. The van der Waals surface area contributed by atoms with Crippen LogP contribution in [-0.4, -0.2) is 29.7 Å². The highest BCUT2D eigenvalue weighted by atomic mass is 35.5. The van der Waals surface area contributed by atoms with Crippen LogP contribution < -0.4 is 5.32 Å². The lowest BCUT2D eigenvalue weighted by molar-refractivity contribution is -0.269. The van der Waals surface area contributed by atoms with E-state index in [9.17, 15) is 31.1 Å². The Bertz CT molecular complexity index is 360. The number of nitrogens with one attached hydrogen (secondary N) is 1. The van der Waals surface area contributed by atoms with Crippen molar-refractivity contribution in [3.63, 3.8) is 0 Å². The molecule has 0 heterocycles. The molecule has 0 radical (unpaired) electrons. The van der Waals surface area contributed by atoms with Gasteiger partial charge in [-0.15, -0.1) is 0 Å². The molecule has 23 heavy (non-hydrogen) atoms. The highest BCUT2D eigenvalue weighted by Gasteiger charge is 2.74. The molecule has 0 bridgehead atoms. The van der Waals surface area contributed by atoms with Crippen molar-refractivity contribution < 1.29 is 31.1 Å².